The fourth-order valence-corrected chi connectivity index (χ4v) is 3.13. The van der Waals surface area contributed by atoms with Gasteiger partial charge in [0.2, 0.25) is 5.90 Å². The molecule has 1 aromatic carbocycles. The Kier molecular flexibility index (Phi) is 4.83. The molecule has 0 N–H and O–H groups in total. The van der Waals surface area contributed by atoms with Crippen LogP contribution in [-0.4, -0.2) is 26.1 Å². The number of fused-ring (bicyclic) bond motifs is 1. The smallest absolute Gasteiger partial charge is 0.220 e. The summed E-state index contributed by atoms with van der Waals surface area (Å²) in [5, 5.41) is 0.105. The predicted octanol–water partition coefficient (Wildman–Crippen LogP) is 4.46. The third-order valence-electron chi connectivity index (χ3n) is 4.77. The van der Waals surface area contributed by atoms with Gasteiger partial charge in [0.05, 0.1) is 0 Å². The van der Waals surface area contributed by atoms with Gasteiger partial charge in [-0.25, -0.2) is 4.99 Å². The van der Waals surface area contributed by atoms with Crippen LogP contribution >= 0.6 is 0 Å². The fraction of sp³-hybridized carbons (Fsp3) is 0.556. The first-order chi connectivity index (χ1) is 10.5. The summed E-state index contributed by atoms with van der Waals surface area (Å²) in [6.07, 6.45) is -0.852. The van der Waals surface area contributed by atoms with Crippen LogP contribution in [0.1, 0.15) is 52.0 Å². The van der Waals surface area contributed by atoms with Crippen molar-refractivity contribution in [2.24, 2.45) is 4.99 Å². The number of rotatable bonds is 4. The van der Waals surface area contributed by atoms with Crippen molar-refractivity contribution in [2.75, 3.05) is 0 Å². The molecular weight excluding hydrogens is 306 g/mol. The molecule has 0 fully saturated rings. The number of hydrogen-bond acceptors (Lipinski definition) is 4. The van der Waals surface area contributed by atoms with Gasteiger partial charge < -0.3 is 9.16 Å². The average molecular weight is 334 g/mol. The first-order valence-corrected chi connectivity index (χ1v) is 11.0. The highest BCUT2D eigenvalue weighted by Gasteiger charge is 2.41. The molecule has 4 nitrogen and oxygen atoms in total. The molecule has 0 saturated heterocycles. The van der Waals surface area contributed by atoms with Gasteiger partial charge in [0.1, 0.15) is 0 Å². The molecule has 1 aliphatic heterocycles. The topological polar surface area (TPSA) is 47.9 Å². The lowest BCUT2D eigenvalue weighted by Crippen LogP contribution is -2.41. The van der Waals surface area contributed by atoms with Crippen molar-refractivity contribution in [1.82, 2.24) is 0 Å². The number of hydrogen-bond donors (Lipinski definition) is 0. The lowest BCUT2D eigenvalue weighted by molar-refractivity contribution is -0.123. The molecule has 0 aliphatic carbocycles. The molecule has 2 rings (SSSR count). The summed E-state index contributed by atoms with van der Waals surface area (Å²) < 4.78 is 12.2. The van der Waals surface area contributed by atoms with E-state index >= 15 is 0 Å². The highest BCUT2D eigenvalue weighted by Crippen LogP contribution is 2.42. The van der Waals surface area contributed by atoms with E-state index in [1.165, 1.54) is 6.92 Å². The second kappa shape index (κ2) is 6.21. The van der Waals surface area contributed by atoms with Crippen molar-refractivity contribution in [2.45, 2.75) is 65.1 Å². The van der Waals surface area contributed by atoms with E-state index in [1.54, 1.807) is 6.92 Å². The lowest BCUT2D eigenvalue weighted by atomic mass is 10.1. The zero-order valence-electron chi connectivity index (χ0n) is 15.1. The Morgan fingerprint density at radius 1 is 1.26 bits per heavy atom. The Labute approximate surface area is 140 Å². The molecule has 0 radical (unpaired) electrons. The molecule has 2 atom stereocenters. The molecule has 0 saturated carbocycles. The quantitative estimate of drug-likeness (QED) is 0.764. The number of ketones is 1. The number of Topliss-reactive ketones (excluding diaryl/α,β-unsaturated/α-hetero) is 1. The number of carbonyl (C=O) groups excluding carboxylic acids is 1. The lowest BCUT2D eigenvalue weighted by Gasteiger charge is -2.37. The summed E-state index contributed by atoms with van der Waals surface area (Å²) in [4.78, 5) is 16.1. The summed E-state index contributed by atoms with van der Waals surface area (Å²) in [6, 6.07) is 7.92. The van der Waals surface area contributed by atoms with Crippen LogP contribution in [0, 0.1) is 0 Å². The molecule has 0 bridgehead atoms. The summed E-state index contributed by atoms with van der Waals surface area (Å²) >= 11 is 0. The van der Waals surface area contributed by atoms with Crippen molar-refractivity contribution in [3.05, 3.63) is 35.4 Å². The fourth-order valence-electron chi connectivity index (χ4n) is 2.04. The largest absolute Gasteiger partial charge is 0.466 e. The van der Waals surface area contributed by atoms with Crippen LogP contribution in [0.5, 0.6) is 0 Å². The van der Waals surface area contributed by atoms with E-state index in [9.17, 15) is 4.79 Å². The maximum absolute atomic E-state index is 11.5. The van der Waals surface area contributed by atoms with Gasteiger partial charge in [0, 0.05) is 11.1 Å². The van der Waals surface area contributed by atoms with E-state index in [0.29, 0.717) is 5.90 Å². The molecule has 126 valence electrons. The molecule has 0 unspecified atom stereocenters. The van der Waals surface area contributed by atoms with Gasteiger partial charge in [-0.1, -0.05) is 39.0 Å². The molecule has 0 amide bonds. The highest BCUT2D eigenvalue weighted by molar-refractivity contribution is 6.74. The van der Waals surface area contributed by atoms with Gasteiger partial charge >= 0.3 is 0 Å². The number of aliphatic imine (C=N–C) groups is 1. The Morgan fingerprint density at radius 2 is 1.87 bits per heavy atom. The van der Waals surface area contributed by atoms with Crippen molar-refractivity contribution in [3.8, 4) is 0 Å². The zero-order chi connectivity index (χ0) is 17.4. The van der Waals surface area contributed by atoms with Gasteiger partial charge in [-0.15, -0.1) is 0 Å². The van der Waals surface area contributed by atoms with E-state index in [1.807, 2.05) is 24.3 Å². The second-order valence-corrected chi connectivity index (χ2v) is 12.4. The van der Waals surface area contributed by atoms with Gasteiger partial charge in [-0.2, -0.15) is 0 Å². The van der Waals surface area contributed by atoms with Gasteiger partial charge in [0.25, 0.3) is 0 Å². The van der Waals surface area contributed by atoms with Crippen molar-refractivity contribution in [3.63, 3.8) is 0 Å². The molecule has 1 heterocycles. The van der Waals surface area contributed by atoms with Crippen LogP contribution in [0.25, 0.3) is 0 Å². The van der Waals surface area contributed by atoms with E-state index in [0.717, 1.165) is 11.1 Å². The van der Waals surface area contributed by atoms with Gasteiger partial charge in [0.15, 0.2) is 26.4 Å². The van der Waals surface area contributed by atoms with Crippen LogP contribution in [0.3, 0.4) is 0 Å². The predicted molar refractivity (Wildman–Crippen MR) is 95.2 cm³/mol. The van der Waals surface area contributed by atoms with Gasteiger partial charge in [-0.05, 0) is 38.0 Å². The van der Waals surface area contributed by atoms with Crippen molar-refractivity contribution in [1.29, 1.82) is 0 Å². The number of benzene rings is 1. The molecule has 1 aromatic rings. The normalized spacial score (nSPS) is 19.1. The Morgan fingerprint density at radius 3 is 2.43 bits per heavy atom. The summed E-state index contributed by atoms with van der Waals surface area (Å²) in [5.41, 5.74) is 1.94. The van der Waals surface area contributed by atoms with E-state index in [-0.39, 0.29) is 17.0 Å². The summed E-state index contributed by atoms with van der Waals surface area (Å²) in [5.74, 6) is 0.492. The van der Waals surface area contributed by atoms with E-state index in [2.05, 4.69) is 38.9 Å². The Bertz CT molecular complexity index is 631. The molecule has 23 heavy (non-hydrogen) atoms. The number of ether oxygens (including phenoxy) is 1. The highest BCUT2D eigenvalue weighted by atomic mass is 28.4. The average Bonchev–Trinajstić information content (AvgIpc) is 2.75. The maximum Gasteiger partial charge on any atom is 0.220 e. The molecular formula is C18H27NO3Si. The van der Waals surface area contributed by atoms with Crippen molar-refractivity contribution >= 4 is 20.0 Å². The monoisotopic (exact) mass is 333 g/mol. The number of carbonyl (C=O) groups is 1. The van der Waals surface area contributed by atoms with E-state index in [4.69, 9.17) is 9.16 Å². The Hall–Kier alpha value is -1.46. The number of nitrogens with zero attached hydrogens (tertiary/aromatic N) is 1. The minimum Gasteiger partial charge on any atom is -0.466 e. The maximum atomic E-state index is 11.5. The third kappa shape index (κ3) is 3.72. The van der Waals surface area contributed by atoms with Crippen LogP contribution in [0.4, 0.5) is 0 Å². The second-order valence-electron chi connectivity index (χ2n) is 7.62. The third-order valence-corrected chi connectivity index (χ3v) is 9.19. The molecule has 0 spiro atoms. The van der Waals surface area contributed by atoms with E-state index < -0.39 is 14.4 Å². The van der Waals surface area contributed by atoms with Crippen LogP contribution < -0.4 is 0 Å². The van der Waals surface area contributed by atoms with Crippen LogP contribution in [-0.2, 0) is 14.0 Å². The van der Waals surface area contributed by atoms with Crippen LogP contribution in [0.2, 0.25) is 18.1 Å². The van der Waals surface area contributed by atoms with Gasteiger partial charge in [-0.3, -0.25) is 4.79 Å². The molecule has 5 heteroatoms. The standard InChI is InChI=1S/C18H27NO3Si/c1-12(20)13(2)21-16-14-10-8-9-11-15(14)17(19-16)22-23(6,7)18(3,4)5/h8-11,13,17H,1-7H3/t13-,17-/m0/s1. The molecule has 0 aromatic heterocycles. The molecule has 1 aliphatic rings. The van der Waals surface area contributed by atoms with Crippen molar-refractivity contribution < 1.29 is 14.0 Å². The summed E-state index contributed by atoms with van der Waals surface area (Å²) in [6.45, 7) is 14.3. The first-order valence-electron chi connectivity index (χ1n) is 8.05. The van der Waals surface area contributed by atoms with Crippen LogP contribution in [0.15, 0.2) is 29.3 Å². The zero-order valence-corrected chi connectivity index (χ0v) is 16.1. The first kappa shape index (κ1) is 17.9. The minimum atomic E-state index is -1.96. The Balaban J connectivity index is 2.31. The SMILES string of the molecule is CC(=O)[C@H](C)OC1=N[C@@H](O[Si](C)(C)C(C)(C)C)c2ccccc21. The summed E-state index contributed by atoms with van der Waals surface area (Å²) in [7, 11) is -1.96. The minimum absolute atomic E-state index is 0.0149.